The summed E-state index contributed by atoms with van der Waals surface area (Å²) >= 11 is 0. The summed E-state index contributed by atoms with van der Waals surface area (Å²) in [6.07, 6.45) is -4.54. The summed E-state index contributed by atoms with van der Waals surface area (Å²) in [6.45, 7) is 5.39. The minimum absolute atomic E-state index is 0.163. The van der Waals surface area contributed by atoms with E-state index in [1.165, 1.54) is 19.2 Å². The molecule has 0 bridgehead atoms. The van der Waals surface area contributed by atoms with Crippen molar-refractivity contribution in [1.82, 2.24) is 19.3 Å². The first-order valence-corrected chi connectivity index (χ1v) is 7.95. The summed E-state index contributed by atoms with van der Waals surface area (Å²) < 4.78 is 41.5. The van der Waals surface area contributed by atoms with Crippen LogP contribution in [0.3, 0.4) is 0 Å². The molecule has 0 aliphatic rings. The van der Waals surface area contributed by atoms with Crippen LogP contribution in [0.25, 0.3) is 11.0 Å². The van der Waals surface area contributed by atoms with Crippen molar-refractivity contribution >= 4 is 22.6 Å². The number of amides is 1. The van der Waals surface area contributed by atoms with Crippen LogP contribution in [-0.2, 0) is 18.0 Å². The summed E-state index contributed by atoms with van der Waals surface area (Å²) in [5, 5.41) is 6.99. The predicted molar refractivity (Wildman–Crippen MR) is 90.8 cm³/mol. The molecule has 1 amide bonds. The van der Waals surface area contributed by atoms with Gasteiger partial charge < -0.3 is 9.88 Å². The third-order valence-electron chi connectivity index (χ3n) is 4.19. The second-order valence-corrected chi connectivity index (χ2v) is 6.23. The Kier molecular flexibility index (Phi) is 4.25. The predicted octanol–water partition coefficient (Wildman–Crippen LogP) is 3.61. The number of alkyl halides is 3. The second kappa shape index (κ2) is 6.15. The van der Waals surface area contributed by atoms with Crippen molar-refractivity contribution in [2.45, 2.75) is 33.0 Å². The molecule has 0 saturated heterocycles. The summed E-state index contributed by atoms with van der Waals surface area (Å²) in [4.78, 5) is 16.1. The van der Waals surface area contributed by atoms with Gasteiger partial charge in [0.25, 0.3) is 0 Å². The maximum absolute atomic E-state index is 13.0. The van der Waals surface area contributed by atoms with Gasteiger partial charge in [-0.25, -0.2) is 4.98 Å². The standard InChI is InChI=1S/C17H18F3N5O/c1-9-7-10(2)25(23-9)11(3)15(26)21-12-5-6-14-13(8-12)22-16(24(14)4)17(18,19)20/h5-8,11H,1-4H3,(H,21,26). The van der Waals surface area contributed by atoms with Crippen LogP contribution in [0.4, 0.5) is 18.9 Å². The number of aryl methyl sites for hydroxylation is 3. The van der Waals surface area contributed by atoms with Crippen molar-refractivity contribution in [3.05, 3.63) is 41.5 Å². The summed E-state index contributed by atoms with van der Waals surface area (Å²) in [7, 11) is 1.31. The van der Waals surface area contributed by atoms with Gasteiger partial charge in [0.15, 0.2) is 0 Å². The van der Waals surface area contributed by atoms with E-state index in [-0.39, 0.29) is 11.4 Å². The van der Waals surface area contributed by atoms with E-state index >= 15 is 0 Å². The molecule has 0 spiro atoms. The molecule has 138 valence electrons. The molecule has 3 rings (SSSR count). The highest BCUT2D eigenvalue weighted by molar-refractivity contribution is 5.95. The fraction of sp³-hybridized carbons (Fsp3) is 0.353. The number of aromatic nitrogens is 4. The highest BCUT2D eigenvalue weighted by Crippen LogP contribution is 2.31. The number of halogens is 3. The van der Waals surface area contributed by atoms with Crippen LogP contribution in [0.5, 0.6) is 0 Å². The number of anilines is 1. The van der Waals surface area contributed by atoms with Crippen LogP contribution in [0.2, 0.25) is 0 Å². The molecule has 9 heteroatoms. The third kappa shape index (κ3) is 3.16. The number of fused-ring (bicyclic) bond motifs is 1. The Morgan fingerprint density at radius 2 is 1.92 bits per heavy atom. The van der Waals surface area contributed by atoms with Gasteiger partial charge in [-0.1, -0.05) is 0 Å². The van der Waals surface area contributed by atoms with Gasteiger partial charge in [-0.15, -0.1) is 0 Å². The van der Waals surface area contributed by atoms with E-state index in [2.05, 4.69) is 15.4 Å². The fourth-order valence-corrected chi connectivity index (χ4v) is 2.93. The molecule has 0 radical (unpaired) electrons. The maximum atomic E-state index is 13.0. The number of imidazole rings is 1. The molecule has 0 aliphatic carbocycles. The lowest BCUT2D eigenvalue weighted by atomic mass is 10.2. The van der Waals surface area contributed by atoms with Crippen molar-refractivity contribution in [1.29, 1.82) is 0 Å². The quantitative estimate of drug-likeness (QED) is 0.771. The van der Waals surface area contributed by atoms with E-state index in [0.717, 1.165) is 16.0 Å². The van der Waals surface area contributed by atoms with Gasteiger partial charge in [0.05, 0.1) is 16.7 Å². The number of rotatable bonds is 3. The summed E-state index contributed by atoms with van der Waals surface area (Å²) in [5.41, 5.74) is 2.53. The number of benzene rings is 1. The zero-order chi connectivity index (χ0) is 19.2. The summed E-state index contributed by atoms with van der Waals surface area (Å²) in [5.74, 6) is -1.30. The molecule has 0 aliphatic heterocycles. The van der Waals surface area contributed by atoms with Crippen LogP contribution >= 0.6 is 0 Å². The van der Waals surface area contributed by atoms with Crippen LogP contribution in [0.15, 0.2) is 24.3 Å². The van der Waals surface area contributed by atoms with Gasteiger partial charge in [-0.2, -0.15) is 18.3 Å². The Labute approximate surface area is 147 Å². The molecule has 1 aromatic carbocycles. The highest BCUT2D eigenvalue weighted by Gasteiger charge is 2.36. The SMILES string of the molecule is Cc1cc(C)n(C(C)C(=O)Nc2ccc3c(c2)nc(C(F)(F)F)n3C)n1. The Balaban J connectivity index is 1.87. The zero-order valence-corrected chi connectivity index (χ0v) is 14.7. The lowest BCUT2D eigenvalue weighted by Crippen LogP contribution is -2.25. The van der Waals surface area contributed by atoms with Gasteiger partial charge in [0.1, 0.15) is 6.04 Å². The average Bonchev–Trinajstić information content (AvgIpc) is 3.05. The molecular weight excluding hydrogens is 347 g/mol. The van der Waals surface area contributed by atoms with Crippen molar-refractivity contribution in [2.24, 2.45) is 7.05 Å². The number of carbonyl (C=O) groups excluding carboxylic acids is 1. The van der Waals surface area contributed by atoms with Gasteiger partial charge >= 0.3 is 6.18 Å². The van der Waals surface area contributed by atoms with Crippen LogP contribution in [0.1, 0.15) is 30.2 Å². The Morgan fingerprint density at radius 1 is 1.23 bits per heavy atom. The minimum atomic E-state index is -4.54. The van der Waals surface area contributed by atoms with Gasteiger partial charge in [-0.3, -0.25) is 9.48 Å². The second-order valence-electron chi connectivity index (χ2n) is 6.23. The zero-order valence-electron chi connectivity index (χ0n) is 14.7. The molecule has 6 nitrogen and oxygen atoms in total. The van der Waals surface area contributed by atoms with E-state index in [9.17, 15) is 18.0 Å². The first-order chi connectivity index (χ1) is 12.1. The van der Waals surface area contributed by atoms with E-state index < -0.39 is 18.0 Å². The molecule has 1 N–H and O–H groups in total. The fourth-order valence-electron chi connectivity index (χ4n) is 2.93. The lowest BCUT2D eigenvalue weighted by Gasteiger charge is -2.14. The third-order valence-corrected chi connectivity index (χ3v) is 4.19. The highest BCUT2D eigenvalue weighted by atomic mass is 19.4. The number of carbonyl (C=O) groups is 1. The van der Waals surface area contributed by atoms with Gasteiger partial charge in [0, 0.05) is 18.4 Å². The lowest BCUT2D eigenvalue weighted by molar-refractivity contribution is -0.146. The number of nitrogens with one attached hydrogen (secondary N) is 1. The molecule has 1 unspecified atom stereocenters. The van der Waals surface area contributed by atoms with E-state index in [0.29, 0.717) is 11.2 Å². The van der Waals surface area contributed by atoms with Crippen molar-refractivity contribution < 1.29 is 18.0 Å². The van der Waals surface area contributed by atoms with Crippen molar-refractivity contribution in [3.8, 4) is 0 Å². The van der Waals surface area contributed by atoms with Crippen LogP contribution in [0, 0.1) is 13.8 Å². The first-order valence-electron chi connectivity index (χ1n) is 7.95. The van der Waals surface area contributed by atoms with E-state index in [4.69, 9.17) is 0 Å². The first kappa shape index (κ1) is 18.0. The number of nitrogens with zero attached hydrogens (tertiary/aromatic N) is 4. The number of hydrogen-bond donors (Lipinski definition) is 1. The van der Waals surface area contributed by atoms with E-state index in [1.54, 1.807) is 17.7 Å². The molecule has 0 saturated carbocycles. The summed E-state index contributed by atoms with van der Waals surface area (Å²) in [6, 6.07) is 5.78. The smallest absolute Gasteiger partial charge is 0.324 e. The monoisotopic (exact) mass is 365 g/mol. The Morgan fingerprint density at radius 3 is 2.50 bits per heavy atom. The molecule has 26 heavy (non-hydrogen) atoms. The van der Waals surface area contributed by atoms with Crippen LogP contribution in [-0.4, -0.2) is 25.2 Å². The van der Waals surface area contributed by atoms with E-state index in [1.807, 2.05) is 19.9 Å². The molecule has 2 aromatic heterocycles. The van der Waals surface area contributed by atoms with Gasteiger partial charge in [-0.05, 0) is 45.0 Å². The topological polar surface area (TPSA) is 64.7 Å². The largest absolute Gasteiger partial charge is 0.449 e. The molecule has 0 fully saturated rings. The maximum Gasteiger partial charge on any atom is 0.449 e. The molecule has 2 heterocycles. The van der Waals surface area contributed by atoms with Crippen molar-refractivity contribution in [2.75, 3.05) is 5.32 Å². The van der Waals surface area contributed by atoms with Gasteiger partial charge in [0.2, 0.25) is 11.7 Å². The minimum Gasteiger partial charge on any atom is -0.324 e. The van der Waals surface area contributed by atoms with Crippen LogP contribution < -0.4 is 5.32 Å². The molecular formula is C17H18F3N5O. The Hall–Kier alpha value is -2.84. The number of hydrogen-bond acceptors (Lipinski definition) is 3. The Bertz CT molecular complexity index is 986. The average molecular weight is 365 g/mol. The van der Waals surface area contributed by atoms with Crippen molar-refractivity contribution in [3.63, 3.8) is 0 Å². The normalized spacial score (nSPS) is 13.2. The molecule has 3 aromatic rings. The molecule has 1 atom stereocenters.